The highest BCUT2D eigenvalue weighted by Gasteiger charge is 2.22. The van der Waals surface area contributed by atoms with Crippen LogP contribution in [0, 0.1) is 0 Å². The maximum atomic E-state index is 12.9. The van der Waals surface area contributed by atoms with E-state index in [2.05, 4.69) is 15.6 Å². The minimum Gasteiger partial charge on any atom is -0.343 e. The van der Waals surface area contributed by atoms with Crippen LogP contribution in [0.5, 0.6) is 0 Å². The second-order valence-electron chi connectivity index (χ2n) is 6.67. The number of anilines is 1. The fraction of sp³-hybridized carbons (Fsp3) is 0.0870. The molecule has 2 heterocycles. The number of benzene rings is 2. The number of nitrogens with one attached hydrogen (secondary N) is 2. The number of rotatable bonds is 5. The SMILES string of the molecule is CC(NC(=O)c1nc(C(=O)Nc2ccccc2)c2ccccn12)c1ccccc1. The van der Waals surface area contributed by atoms with Crippen LogP contribution < -0.4 is 10.6 Å². The van der Waals surface area contributed by atoms with Crippen LogP contribution in [0.2, 0.25) is 0 Å². The molecule has 0 spiro atoms. The molecule has 4 rings (SSSR count). The maximum absolute atomic E-state index is 12.9. The summed E-state index contributed by atoms with van der Waals surface area (Å²) in [4.78, 5) is 30.1. The van der Waals surface area contributed by atoms with Gasteiger partial charge in [-0.2, -0.15) is 0 Å². The number of nitrogens with zero attached hydrogens (tertiary/aromatic N) is 2. The van der Waals surface area contributed by atoms with Crippen molar-refractivity contribution in [2.75, 3.05) is 5.32 Å². The lowest BCUT2D eigenvalue weighted by Crippen LogP contribution is -2.28. The predicted molar refractivity (Wildman–Crippen MR) is 112 cm³/mol. The van der Waals surface area contributed by atoms with Gasteiger partial charge in [0.15, 0.2) is 5.69 Å². The van der Waals surface area contributed by atoms with Crippen molar-refractivity contribution in [3.63, 3.8) is 0 Å². The Kier molecular flexibility index (Phi) is 5.07. The largest absolute Gasteiger partial charge is 0.343 e. The van der Waals surface area contributed by atoms with Crippen LogP contribution in [0.15, 0.2) is 85.1 Å². The van der Waals surface area contributed by atoms with Gasteiger partial charge in [0, 0.05) is 11.9 Å². The molecule has 2 N–H and O–H groups in total. The Labute approximate surface area is 168 Å². The minimum absolute atomic E-state index is 0.168. The summed E-state index contributed by atoms with van der Waals surface area (Å²) in [5.41, 5.74) is 2.42. The first kappa shape index (κ1) is 18.4. The van der Waals surface area contributed by atoms with E-state index in [-0.39, 0.29) is 29.4 Å². The molecule has 0 aliphatic heterocycles. The number of hydrogen-bond donors (Lipinski definition) is 2. The molecule has 2 aromatic heterocycles. The normalized spacial score (nSPS) is 11.8. The third-order valence-corrected chi connectivity index (χ3v) is 4.65. The Morgan fingerprint density at radius 3 is 2.24 bits per heavy atom. The molecule has 0 radical (unpaired) electrons. The van der Waals surface area contributed by atoms with Crippen molar-refractivity contribution in [3.8, 4) is 0 Å². The van der Waals surface area contributed by atoms with Crippen LogP contribution in [0.1, 0.15) is 39.6 Å². The molecule has 1 unspecified atom stereocenters. The van der Waals surface area contributed by atoms with E-state index in [0.717, 1.165) is 5.56 Å². The Morgan fingerprint density at radius 1 is 0.862 bits per heavy atom. The number of hydrogen-bond acceptors (Lipinski definition) is 3. The molecule has 1 atom stereocenters. The first-order valence-corrected chi connectivity index (χ1v) is 9.33. The number of para-hydroxylation sites is 1. The van der Waals surface area contributed by atoms with E-state index < -0.39 is 0 Å². The number of amides is 2. The minimum atomic E-state index is -0.366. The van der Waals surface area contributed by atoms with Crippen molar-refractivity contribution < 1.29 is 9.59 Å². The van der Waals surface area contributed by atoms with Gasteiger partial charge in [-0.25, -0.2) is 4.98 Å². The Hall–Kier alpha value is -3.93. The smallest absolute Gasteiger partial charge is 0.288 e. The summed E-state index contributed by atoms with van der Waals surface area (Å²) < 4.78 is 1.63. The summed E-state index contributed by atoms with van der Waals surface area (Å²) in [6, 6.07) is 24.0. The molecule has 4 aromatic rings. The van der Waals surface area contributed by atoms with Gasteiger partial charge in [0.1, 0.15) is 0 Å². The lowest BCUT2D eigenvalue weighted by atomic mass is 10.1. The molecule has 2 aromatic carbocycles. The van der Waals surface area contributed by atoms with Crippen molar-refractivity contribution in [1.82, 2.24) is 14.7 Å². The van der Waals surface area contributed by atoms with Gasteiger partial charge in [-0.3, -0.25) is 14.0 Å². The molecule has 0 saturated carbocycles. The van der Waals surface area contributed by atoms with Crippen molar-refractivity contribution in [2.45, 2.75) is 13.0 Å². The van der Waals surface area contributed by atoms with Gasteiger partial charge >= 0.3 is 0 Å². The highest BCUT2D eigenvalue weighted by atomic mass is 16.2. The average Bonchev–Trinajstić information content (AvgIpc) is 3.15. The second-order valence-corrected chi connectivity index (χ2v) is 6.67. The fourth-order valence-electron chi connectivity index (χ4n) is 3.16. The lowest BCUT2D eigenvalue weighted by Gasteiger charge is -2.13. The van der Waals surface area contributed by atoms with Crippen LogP contribution in [0.25, 0.3) is 5.52 Å². The zero-order chi connectivity index (χ0) is 20.2. The summed E-state index contributed by atoms with van der Waals surface area (Å²) in [6.07, 6.45) is 1.73. The number of fused-ring (bicyclic) bond motifs is 1. The number of carbonyl (C=O) groups excluding carboxylic acids is 2. The molecule has 144 valence electrons. The van der Waals surface area contributed by atoms with Crippen molar-refractivity contribution in [2.24, 2.45) is 0 Å². The van der Waals surface area contributed by atoms with Gasteiger partial charge < -0.3 is 10.6 Å². The van der Waals surface area contributed by atoms with Gasteiger partial charge in [0.25, 0.3) is 11.8 Å². The van der Waals surface area contributed by atoms with Crippen LogP contribution in [0.3, 0.4) is 0 Å². The van der Waals surface area contributed by atoms with Crippen molar-refractivity contribution in [1.29, 1.82) is 0 Å². The average molecular weight is 384 g/mol. The number of pyridine rings is 1. The third kappa shape index (κ3) is 3.87. The van der Waals surface area contributed by atoms with E-state index in [0.29, 0.717) is 11.2 Å². The van der Waals surface area contributed by atoms with Crippen LogP contribution >= 0.6 is 0 Å². The van der Waals surface area contributed by atoms with Crippen molar-refractivity contribution >= 4 is 23.0 Å². The lowest BCUT2D eigenvalue weighted by molar-refractivity contribution is 0.0928. The van der Waals surface area contributed by atoms with Crippen LogP contribution in [0.4, 0.5) is 5.69 Å². The zero-order valence-electron chi connectivity index (χ0n) is 15.9. The molecule has 0 saturated heterocycles. The van der Waals surface area contributed by atoms with E-state index in [1.165, 1.54) is 0 Å². The maximum Gasteiger partial charge on any atom is 0.288 e. The highest BCUT2D eigenvalue weighted by molar-refractivity contribution is 6.08. The summed E-state index contributed by atoms with van der Waals surface area (Å²) in [6.45, 7) is 1.91. The molecule has 6 heteroatoms. The molecule has 0 aliphatic carbocycles. The van der Waals surface area contributed by atoms with Gasteiger partial charge in [-0.1, -0.05) is 54.6 Å². The first-order valence-electron chi connectivity index (χ1n) is 9.33. The quantitative estimate of drug-likeness (QED) is 0.544. The van der Waals surface area contributed by atoms with Gasteiger partial charge in [-0.05, 0) is 36.8 Å². The zero-order valence-corrected chi connectivity index (χ0v) is 15.9. The van der Waals surface area contributed by atoms with Crippen LogP contribution in [-0.4, -0.2) is 21.2 Å². The van der Waals surface area contributed by atoms with E-state index in [1.807, 2.05) is 61.5 Å². The van der Waals surface area contributed by atoms with Crippen molar-refractivity contribution in [3.05, 3.63) is 102 Å². The number of aromatic nitrogens is 2. The molecule has 2 amide bonds. The Morgan fingerprint density at radius 2 is 1.52 bits per heavy atom. The highest BCUT2D eigenvalue weighted by Crippen LogP contribution is 2.17. The second kappa shape index (κ2) is 7.98. The van der Waals surface area contributed by atoms with E-state index in [4.69, 9.17) is 0 Å². The standard InChI is InChI=1S/C23H20N4O2/c1-16(17-10-4-2-5-11-17)24-23(29)21-26-20(19-14-8-9-15-27(19)21)22(28)25-18-12-6-3-7-13-18/h2-16H,1H3,(H,24,29)(H,25,28). The van der Waals surface area contributed by atoms with E-state index in [9.17, 15) is 9.59 Å². The molecule has 0 bridgehead atoms. The fourth-order valence-corrected chi connectivity index (χ4v) is 3.16. The summed E-state index contributed by atoms with van der Waals surface area (Å²) in [5.74, 6) is -0.544. The molecule has 29 heavy (non-hydrogen) atoms. The van der Waals surface area contributed by atoms with E-state index >= 15 is 0 Å². The molecular formula is C23H20N4O2. The summed E-state index contributed by atoms with van der Waals surface area (Å²) >= 11 is 0. The van der Waals surface area contributed by atoms with Gasteiger partial charge in [0.2, 0.25) is 5.82 Å². The third-order valence-electron chi connectivity index (χ3n) is 4.65. The number of carbonyl (C=O) groups is 2. The van der Waals surface area contributed by atoms with Crippen LogP contribution in [-0.2, 0) is 0 Å². The number of imidazole rings is 1. The topological polar surface area (TPSA) is 75.5 Å². The Bertz CT molecular complexity index is 1150. The first-order chi connectivity index (χ1) is 14.1. The molecule has 0 aliphatic rings. The molecular weight excluding hydrogens is 364 g/mol. The van der Waals surface area contributed by atoms with E-state index in [1.54, 1.807) is 34.9 Å². The molecule has 6 nitrogen and oxygen atoms in total. The molecule has 0 fully saturated rings. The monoisotopic (exact) mass is 384 g/mol. The van der Waals surface area contributed by atoms with Gasteiger partial charge in [-0.15, -0.1) is 0 Å². The summed E-state index contributed by atoms with van der Waals surface area (Å²) in [7, 11) is 0. The summed E-state index contributed by atoms with van der Waals surface area (Å²) in [5, 5.41) is 5.78. The van der Waals surface area contributed by atoms with Gasteiger partial charge in [0.05, 0.1) is 11.6 Å². The predicted octanol–water partition coefficient (Wildman–Crippen LogP) is 4.08. The Balaban J connectivity index is 1.63.